The van der Waals surface area contributed by atoms with E-state index < -0.39 is 0 Å². The van der Waals surface area contributed by atoms with Crippen molar-refractivity contribution in [3.63, 3.8) is 0 Å². The summed E-state index contributed by atoms with van der Waals surface area (Å²) in [5.74, 6) is 0.286. The van der Waals surface area contributed by atoms with Gasteiger partial charge in [-0.1, -0.05) is 17.7 Å². The van der Waals surface area contributed by atoms with E-state index in [1.807, 2.05) is 0 Å². The Bertz CT molecular complexity index is 366. The van der Waals surface area contributed by atoms with E-state index in [1.165, 1.54) is 12.1 Å². The molecule has 0 amide bonds. The molecule has 0 aromatic heterocycles. The van der Waals surface area contributed by atoms with Gasteiger partial charge < -0.3 is 10.5 Å². The van der Waals surface area contributed by atoms with Crippen LogP contribution in [-0.4, -0.2) is 12.6 Å². The van der Waals surface area contributed by atoms with Crippen LogP contribution < -0.4 is 5.73 Å². The molecule has 2 rings (SSSR count). The number of hydrogen-bond donors (Lipinski definition) is 1. The fourth-order valence-corrected chi connectivity index (χ4v) is 2.07. The minimum Gasteiger partial charge on any atom is -0.373 e. The second-order valence-corrected chi connectivity index (χ2v) is 4.65. The van der Waals surface area contributed by atoms with E-state index in [9.17, 15) is 4.39 Å². The summed E-state index contributed by atoms with van der Waals surface area (Å²) >= 11 is 5.89. The van der Waals surface area contributed by atoms with Gasteiger partial charge in [-0.15, -0.1) is 0 Å². The lowest BCUT2D eigenvalue weighted by molar-refractivity contribution is -0.0375. The smallest absolute Gasteiger partial charge is 0.124 e. The molecule has 0 heterocycles. The Morgan fingerprint density at radius 3 is 2.81 bits per heavy atom. The van der Waals surface area contributed by atoms with Crippen molar-refractivity contribution in [1.29, 1.82) is 0 Å². The molecule has 0 atom stereocenters. The fraction of sp³-hybridized carbons (Fsp3) is 0.500. The predicted molar refractivity (Wildman–Crippen MR) is 61.8 cm³/mol. The van der Waals surface area contributed by atoms with Gasteiger partial charge in [-0.05, 0) is 43.0 Å². The molecule has 88 valence electrons. The molecule has 1 aromatic rings. The number of nitrogens with two attached hydrogens (primary N) is 1. The summed E-state index contributed by atoms with van der Waals surface area (Å²) in [4.78, 5) is 0. The van der Waals surface area contributed by atoms with Crippen LogP contribution in [0, 0.1) is 11.7 Å². The first kappa shape index (κ1) is 11.8. The maximum absolute atomic E-state index is 12.8. The normalized spacial score (nSPS) is 24.2. The molecule has 2 nitrogen and oxygen atoms in total. The average Bonchev–Trinajstić information content (AvgIpc) is 2.18. The summed E-state index contributed by atoms with van der Waals surface area (Å²) in [6.45, 7) is 1.18. The SMILES string of the molecule is NCC1CC(OCc2ccc(F)cc2Cl)C1. The molecule has 16 heavy (non-hydrogen) atoms. The molecule has 0 spiro atoms. The topological polar surface area (TPSA) is 35.2 Å². The van der Waals surface area contributed by atoms with E-state index in [0.29, 0.717) is 17.5 Å². The van der Waals surface area contributed by atoms with E-state index in [4.69, 9.17) is 22.1 Å². The molecule has 0 unspecified atom stereocenters. The highest BCUT2D eigenvalue weighted by Gasteiger charge is 2.28. The Hall–Kier alpha value is -0.640. The lowest BCUT2D eigenvalue weighted by Crippen LogP contribution is -2.35. The molecule has 0 radical (unpaired) electrons. The predicted octanol–water partition coefficient (Wildman–Crippen LogP) is 2.73. The Morgan fingerprint density at radius 2 is 2.19 bits per heavy atom. The second-order valence-electron chi connectivity index (χ2n) is 4.24. The highest BCUT2D eigenvalue weighted by atomic mass is 35.5. The zero-order valence-corrected chi connectivity index (χ0v) is 9.71. The van der Waals surface area contributed by atoms with Gasteiger partial charge in [0.1, 0.15) is 5.82 Å². The quantitative estimate of drug-likeness (QED) is 0.883. The molecule has 4 heteroatoms. The van der Waals surface area contributed by atoms with E-state index in [0.717, 1.165) is 24.9 Å². The standard InChI is InChI=1S/C12H15ClFNO/c13-12-5-10(14)2-1-9(12)7-16-11-3-8(4-11)6-15/h1-2,5,8,11H,3-4,6-7,15H2. The second kappa shape index (κ2) is 5.13. The van der Waals surface area contributed by atoms with E-state index >= 15 is 0 Å². The first-order valence-corrected chi connectivity index (χ1v) is 5.82. The summed E-state index contributed by atoms with van der Waals surface area (Å²) in [6, 6.07) is 4.37. The fourth-order valence-electron chi connectivity index (χ4n) is 1.85. The first-order chi connectivity index (χ1) is 7.69. The highest BCUT2D eigenvalue weighted by molar-refractivity contribution is 6.31. The van der Waals surface area contributed by atoms with Crippen molar-refractivity contribution >= 4 is 11.6 Å². The van der Waals surface area contributed by atoms with Crippen LogP contribution in [0.15, 0.2) is 18.2 Å². The molecule has 1 aliphatic rings. The van der Waals surface area contributed by atoms with Crippen molar-refractivity contribution in [3.05, 3.63) is 34.6 Å². The third kappa shape index (κ3) is 2.73. The number of benzene rings is 1. The van der Waals surface area contributed by atoms with Crippen LogP contribution in [0.5, 0.6) is 0 Å². The molecule has 0 aliphatic heterocycles. The minimum atomic E-state index is -0.319. The Labute approximate surface area is 99.5 Å². The molecule has 0 saturated heterocycles. The van der Waals surface area contributed by atoms with Crippen LogP contribution in [-0.2, 0) is 11.3 Å². The van der Waals surface area contributed by atoms with Crippen molar-refractivity contribution in [2.45, 2.75) is 25.6 Å². The monoisotopic (exact) mass is 243 g/mol. The number of rotatable bonds is 4. The van der Waals surface area contributed by atoms with E-state index in [1.54, 1.807) is 6.07 Å². The Kier molecular flexibility index (Phi) is 3.79. The summed E-state index contributed by atoms with van der Waals surface area (Å²) in [5, 5.41) is 0.426. The highest BCUT2D eigenvalue weighted by Crippen LogP contribution is 2.30. The van der Waals surface area contributed by atoms with Gasteiger partial charge in [-0.2, -0.15) is 0 Å². The van der Waals surface area contributed by atoms with Crippen LogP contribution in [0.1, 0.15) is 18.4 Å². The van der Waals surface area contributed by atoms with Gasteiger partial charge in [-0.25, -0.2) is 4.39 Å². The average molecular weight is 244 g/mol. The van der Waals surface area contributed by atoms with Crippen LogP contribution >= 0.6 is 11.6 Å². The third-order valence-electron chi connectivity index (χ3n) is 3.02. The lowest BCUT2D eigenvalue weighted by atomic mass is 9.82. The molecule has 1 saturated carbocycles. The zero-order valence-electron chi connectivity index (χ0n) is 8.96. The van der Waals surface area contributed by atoms with Crippen LogP contribution in [0.3, 0.4) is 0 Å². The van der Waals surface area contributed by atoms with Gasteiger partial charge in [0.15, 0.2) is 0 Å². The number of hydrogen-bond acceptors (Lipinski definition) is 2. The van der Waals surface area contributed by atoms with E-state index in [-0.39, 0.29) is 11.9 Å². The zero-order chi connectivity index (χ0) is 11.5. The summed E-state index contributed by atoms with van der Waals surface area (Å²) in [6.07, 6.45) is 2.33. The van der Waals surface area contributed by atoms with Crippen LogP contribution in [0.2, 0.25) is 5.02 Å². The van der Waals surface area contributed by atoms with Gasteiger partial charge in [0.2, 0.25) is 0 Å². The van der Waals surface area contributed by atoms with Crippen molar-refractivity contribution in [2.75, 3.05) is 6.54 Å². The maximum atomic E-state index is 12.8. The van der Waals surface area contributed by atoms with Crippen molar-refractivity contribution in [2.24, 2.45) is 11.7 Å². The number of halogens is 2. The maximum Gasteiger partial charge on any atom is 0.124 e. The Morgan fingerprint density at radius 1 is 1.44 bits per heavy atom. The summed E-state index contributed by atoms with van der Waals surface area (Å²) < 4.78 is 18.4. The summed E-state index contributed by atoms with van der Waals surface area (Å²) in [5.41, 5.74) is 6.36. The van der Waals surface area contributed by atoms with Crippen molar-refractivity contribution in [3.8, 4) is 0 Å². The molecular weight excluding hydrogens is 229 g/mol. The van der Waals surface area contributed by atoms with E-state index in [2.05, 4.69) is 0 Å². The number of ether oxygens (including phenoxy) is 1. The summed E-state index contributed by atoms with van der Waals surface area (Å²) in [7, 11) is 0. The van der Waals surface area contributed by atoms with Crippen LogP contribution in [0.25, 0.3) is 0 Å². The van der Waals surface area contributed by atoms with Gasteiger partial charge in [0.05, 0.1) is 12.7 Å². The third-order valence-corrected chi connectivity index (χ3v) is 3.37. The molecule has 0 bridgehead atoms. The molecule has 1 aromatic carbocycles. The van der Waals surface area contributed by atoms with Gasteiger partial charge in [0.25, 0.3) is 0 Å². The molecule has 2 N–H and O–H groups in total. The lowest BCUT2D eigenvalue weighted by Gasteiger charge is -2.34. The first-order valence-electron chi connectivity index (χ1n) is 5.44. The van der Waals surface area contributed by atoms with Gasteiger partial charge >= 0.3 is 0 Å². The Balaban J connectivity index is 1.82. The molecular formula is C12H15ClFNO. The van der Waals surface area contributed by atoms with Crippen molar-refractivity contribution in [1.82, 2.24) is 0 Å². The molecule has 1 fully saturated rings. The van der Waals surface area contributed by atoms with Gasteiger partial charge in [-0.3, -0.25) is 0 Å². The van der Waals surface area contributed by atoms with Crippen molar-refractivity contribution < 1.29 is 9.13 Å². The van der Waals surface area contributed by atoms with Gasteiger partial charge in [0, 0.05) is 5.02 Å². The largest absolute Gasteiger partial charge is 0.373 e. The van der Waals surface area contributed by atoms with Crippen LogP contribution in [0.4, 0.5) is 4.39 Å². The minimum absolute atomic E-state index is 0.287. The molecule has 1 aliphatic carbocycles.